The summed E-state index contributed by atoms with van der Waals surface area (Å²) in [4.78, 5) is 12.2. The van der Waals surface area contributed by atoms with Gasteiger partial charge in [-0.1, -0.05) is 23.4 Å². The van der Waals surface area contributed by atoms with Crippen LogP contribution in [0.2, 0.25) is 5.02 Å². The summed E-state index contributed by atoms with van der Waals surface area (Å²) in [5.74, 6) is 6.44. The number of benzene rings is 1. The van der Waals surface area contributed by atoms with Gasteiger partial charge in [0, 0.05) is 10.6 Å². The van der Waals surface area contributed by atoms with Crippen molar-refractivity contribution in [2.24, 2.45) is 0 Å². The van der Waals surface area contributed by atoms with Crippen LogP contribution >= 0.6 is 23.4 Å². The van der Waals surface area contributed by atoms with Crippen molar-refractivity contribution in [2.45, 2.75) is 36.4 Å². The van der Waals surface area contributed by atoms with Crippen LogP contribution in [-0.2, 0) is 4.79 Å². The Morgan fingerprint density at radius 3 is 2.68 bits per heavy atom. The Morgan fingerprint density at radius 2 is 2.04 bits per heavy atom. The highest BCUT2D eigenvalue weighted by Gasteiger charge is 2.35. The van der Waals surface area contributed by atoms with Crippen LogP contribution in [0.1, 0.15) is 25.7 Å². The number of nitrogens with two attached hydrogens (primary N) is 1. The highest BCUT2D eigenvalue weighted by atomic mass is 35.5. The Morgan fingerprint density at radius 1 is 1.36 bits per heavy atom. The molecule has 1 heterocycles. The second-order valence-electron chi connectivity index (χ2n) is 5.92. The summed E-state index contributed by atoms with van der Waals surface area (Å²) in [6.45, 7) is 0. The van der Waals surface area contributed by atoms with Gasteiger partial charge in [0.2, 0.25) is 11.1 Å². The number of hydrogen-bond donors (Lipinski definition) is 2. The van der Waals surface area contributed by atoms with Gasteiger partial charge in [-0.15, -0.1) is 10.2 Å². The normalized spacial score (nSPS) is 15.7. The predicted molar refractivity (Wildman–Crippen MR) is 96.3 cm³/mol. The summed E-state index contributed by atoms with van der Waals surface area (Å²) in [5, 5.41) is 21.3. The third-order valence-corrected chi connectivity index (χ3v) is 5.34. The zero-order chi connectivity index (χ0) is 17.9. The summed E-state index contributed by atoms with van der Waals surface area (Å²) in [5.41, 5.74) is 0.0627. The number of nitrogens with zero attached hydrogens (tertiary/aromatic N) is 4. The fourth-order valence-corrected chi connectivity index (χ4v) is 3.63. The summed E-state index contributed by atoms with van der Waals surface area (Å²) < 4.78 is 1.34. The number of amides is 1. The molecule has 25 heavy (non-hydrogen) atoms. The molecule has 0 radical (unpaired) electrons. The van der Waals surface area contributed by atoms with Gasteiger partial charge >= 0.3 is 0 Å². The van der Waals surface area contributed by atoms with Crippen LogP contribution in [-0.4, -0.2) is 32.1 Å². The molecule has 0 aliphatic heterocycles. The molecular weight excluding hydrogens is 360 g/mol. The first-order valence-electron chi connectivity index (χ1n) is 7.84. The standard InChI is InChI=1S/C16H17ClN6OS/c17-12-5-3-11(4-6-12)14-21-22-15(23(14)19)25-9-13(24)20-16(10-18)7-1-2-8-16/h3-6H,1-2,7-9,19H2,(H,20,24). The molecule has 0 spiro atoms. The van der Waals surface area contributed by atoms with Crippen molar-refractivity contribution in [2.75, 3.05) is 11.6 Å². The number of thioether (sulfide) groups is 1. The van der Waals surface area contributed by atoms with E-state index in [0.29, 0.717) is 28.8 Å². The first-order valence-corrected chi connectivity index (χ1v) is 9.21. The lowest BCUT2D eigenvalue weighted by Gasteiger charge is -2.21. The minimum absolute atomic E-state index is 0.124. The molecule has 3 rings (SSSR count). The monoisotopic (exact) mass is 376 g/mol. The van der Waals surface area contributed by atoms with Gasteiger partial charge in [0.05, 0.1) is 11.8 Å². The minimum Gasteiger partial charge on any atom is -0.337 e. The van der Waals surface area contributed by atoms with E-state index in [1.54, 1.807) is 24.3 Å². The molecule has 3 N–H and O–H groups in total. The zero-order valence-electron chi connectivity index (χ0n) is 13.4. The SMILES string of the molecule is N#CC1(NC(=O)CSc2nnc(-c3ccc(Cl)cc3)n2N)CCCC1. The summed E-state index contributed by atoms with van der Waals surface area (Å²) >= 11 is 7.06. The maximum absolute atomic E-state index is 12.2. The third kappa shape index (κ3) is 3.89. The molecule has 1 aliphatic rings. The van der Waals surface area contributed by atoms with Crippen molar-refractivity contribution in [3.63, 3.8) is 0 Å². The summed E-state index contributed by atoms with van der Waals surface area (Å²) in [6, 6.07) is 9.33. The van der Waals surface area contributed by atoms with Crippen LogP contribution < -0.4 is 11.2 Å². The number of nitriles is 1. The Bertz CT molecular complexity index is 807. The van der Waals surface area contributed by atoms with E-state index in [-0.39, 0.29) is 11.7 Å². The lowest BCUT2D eigenvalue weighted by atomic mass is 10.0. The second-order valence-corrected chi connectivity index (χ2v) is 7.30. The molecule has 0 saturated heterocycles. The number of carbonyl (C=O) groups excluding carboxylic acids is 1. The molecule has 9 heteroatoms. The Kier molecular flexibility index (Phi) is 5.16. The van der Waals surface area contributed by atoms with Gasteiger partial charge in [0.15, 0.2) is 5.82 Å². The Labute approximate surface area is 154 Å². The van der Waals surface area contributed by atoms with Gasteiger partial charge < -0.3 is 11.2 Å². The van der Waals surface area contributed by atoms with E-state index in [9.17, 15) is 10.1 Å². The van der Waals surface area contributed by atoms with Crippen molar-refractivity contribution in [1.29, 1.82) is 5.26 Å². The quantitative estimate of drug-likeness (QED) is 0.612. The molecule has 1 fully saturated rings. The lowest BCUT2D eigenvalue weighted by molar-refractivity contribution is -0.119. The number of aromatic nitrogens is 3. The van der Waals surface area contributed by atoms with Gasteiger partial charge in [-0.25, -0.2) is 4.68 Å². The van der Waals surface area contributed by atoms with Crippen molar-refractivity contribution < 1.29 is 4.79 Å². The molecule has 1 saturated carbocycles. The Hall–Kier alpha value is -2.24. The van der Waals surface area contributed by atoms with Gasteiger partial charge in [0.25, 0.3) is 0 Å². The number of carbonyl (C=O) groups is 1. The number of hydrogen-bond acceptors (Lipinski definition) is 6. The molecule has 1 aliphatic carbocycles. The van der Waals surface area contributed by atoms with E-state index < -0.39 is 5.54 Å². The number of halogens is 1. The van der Waals surface area contributed by atoms with E-state index >= 15 is 0 Å². The predicted octanol–water partition coefficient (Wildman–Crippen LogP) is 2.36. The van der Waals surface area contributed by atoms with E-state index in [2.05, 4.69) is 21.6 Å². The largest absolute Gasteiger partial charge is 0.337 e. The van der Waals surface area contributed by atoms with Crippen LogP contribution in [0.15, 0.2) is 29.4 Å². The molecule has 0 unspecified atom stereocenters. The van der Waals surface area contributed by atoms with Crippen molar-refractivity contribution in [3.8, 4) is 17.5 Å². The zero-order valence-corrected chi connectivity index (χ0v) is 15.0. The van der Waals surface area contributed by atoms with Crippen LogP contribution in [0.3, 0.4) is 0 Å². The average molecular weight is 377 g/mol. The minimum atomic E-state index is -0.720. The third-order valence-electron chi connectivity index (χ3n) is 4.15. The van der Waals surface area contributed by atoms with Crippen LogP contribution in [0, 0.1) is 11.3 Å². The first-order chi connectivity index (χ1) is 12.0. The average Bonchev–Trinajstić information content (AvgIpc) is 3.21. The fourth-order valence-electron chi connectivity index (χ4n) is 2.85. The molecule has 130 valence electrons. The van der Waals surface area contributed by atoms with Gasteiger partial charge in [-0.05, 0) is 49.9 Å². The molecule has 1 aromatic heterocycles. The smallest absolute Gasteiger partial charge is 0.231 e. The van der Waals surface area contributed by atoms with Gasteiger partial charge in [-0.2, -0.15) is 5.26 Å². The van der Waals surface area contributed by atoms with Gasteiger partial charge in [0.1, 0.15) is 5.54 Å². The van der Waals surface area contributed by atoms with Crippen molar-refractivity contribution >= 4 is 29.3 Å². The molecular formula is C16H17ClN6OS. The fraction of sp³-hybridized carbons (Fsp3) is 0.375. The van der Waals surface area contributed by atoms with Crippen LogP contribution in [0.4, 0.5) is 0 Å². The second kappa shape index (κ2) is 7.33. The van der Waals surface area contributed by atoms with E-state index in [1.807, 2.05) is 0 Å². The van der Waals surface area contributed by atoms with E-state index in [0.717, 1.165) is 18.4 Å². The van der Waals surface area contributed by atoms with E-state index in [1.165, 1.54) is 16.4 Å². The first kappa shape index (κ1) is 17.6. The number of nitrogens with one attached hydrogen (secondary N) is 1. The van der Waals surface area contributed by atoms with Gasteiger partial charge in [-0.3, -0.25) is 4.79 Å². The highest BCUT2D eigenvalue weighted by molar-refractivity contribution is 7.99. The molecule has 0 atom stereocenters. The van der Waals surface area contributed by atoms with Crippen LogP contribution in [0.5, 0.6) is 0 Å². The maximum Gasteiger partial charge on any atom is 0.231 e. The summed E-state index contributed by atoms with van der Waals surface area (Å²) in [6.07, 6.45) is 3.33. The summed E-state index contributed by atoms with van der Waals surface area (Å²) in [7, 11) is 0. The maximum atomic E-state index is 12.2. The lowest BCUT2D eigenvalue weighted by Crippen LogP contribution is -2.45. The number of rotatable bonds is 5. The van der Waals surface area contributed by atoms with Crippen molar-refractivity contribution in [3.05, 3.63) is 29.3 Å². The van der Waals surface area contributed by atoms with Crippen LogP contribution in [0.25, 0.3) is 11.4 Å². The molecule has 7 nitrogen and oxygen atoms in total. The van der Waals surface area contributed by atoms with Crippen molar-refractivity contribution in [1.82, 2.24) is 20.2 Å². The number of nitrogen functional groups attached to an aromatic ring is 1. The molecule has 1 amide bonds. The molecule has 2 aromatic rings. The molecule has 1 aromatic carbocycles. The van der Waals surface area contributed by atoms with E-state index in [4.69, 9.17) is 17.4 Å². The molecule has 0 bridgehead atoms. The Balaban J connectivity index is 1.63. The topological polar surface area (TPSA) is 110 Å². The highest BCUT2D eigenvalue weighted by Crippen LogP contribution is 2.29.